The fraction of sp³-hybridized carbons (Fsp3) is 0.267. The number of nitrogens with two attached hydrogens (primary N) is 1. The van der Waals surface area contributed by atoms with E-state index in [-0.39, 0.29) is 5.91 Å². The maximum absolute atomic E-state index is 12.2. The van der Waals surface area contributed by atoms with E-state index in [0.29, 0.717) is 18.1 Å². The zero-order chi connectivity index (χ0) is 15.7. The number of hydrogen-bond donors (Lipinski definition) is 1. The molecule has 5 nitrogen and oxygen atoms in total. The number of amides is 2. The second kappa shape index (κ2) is 6.10. The van der Waals surface area contributed by atoms with Crippen LogP contribution in [-0.2, 0) is 9.59 Å². The molecule has 0 aliphatic carbocycles. The standard InChI is InChI=1S/C15H15N3O2S2/c1-21-11-5-3-2-4-9(11)12-8-17-15(22-12)18-7-6-10(13(16)19)14(18)20/h2-5,8,10H,6-7H2,1H3,(H2,16,19)/t10-/m0/s1. The molecule has 0 spiro atoms. The molecule has 0 radical (unpaired) electrons. The fourth-order valence-electron chi connectivity index (χ4n) is 2.50. The summed E-state index contributed by atoms with van der Waals surface area (Å²) in [6.45, 7) is 0.490. The molecule has 2 aromatic rings. The Morgan fingerprint density at radius 2 is 2.23 bits per heavy atom. The van der Waals surface area contributed by atoms with E-state index >= 15 is 0 Å². The highest BCUT2D eigenvalue weighted by atomic mass is 32.2. The Balaban J connectivity index is 1.89. The summed E-state index contributed by atoms with van der Waals surface area (Å²) >= 11 is 3.13. The molecule has 0 bridgehead atoms. The number of carbonyl (C=O) groups is 2. The number of rotatable bonds is 4. The molecular weight excluding hydrogens is 318 g/mol. The summed E-state index contributed by atoms with van der Waals surface area (Å²) in [6, 6.07) is 8.09. The van der Waals surface area contributed by atoms with Gasteiger partial charge in [-0.2, -0.15) is 0 Å². The van der Waals surface area contributed by atoms with Crippen molar-refractivity contribution in [2.45, 2.75) is 11.3 Å². The van der Waals surface area contributed by atoms with Crippen molar-refractivity contribution in [1.29, 1.82) is 0 Å². The molecule has 1 aromatic heterocycles. The normalized spacial score (nSPS) is 18.0. The molecule has 0 saturated carbocycles. The van der Waals surface area contributed by atoms with Crippen molar-refractivity contribution in [2.24, 2.45) is 11.7 Å². The van der Waals surface area contributed by atoms with Gasteiger partial charge in [-0.3, -0.25) is 14.5 Å². The van der Waals surface area contributed by atoms with Crippen molar-refractivity contribution >= 4 is 40.0 Å². The summed E-state index contributed by atoms with van der Waals surface area (Å²) < 4.78 is 0. The maximum atomic E-state index is 12.2. The second-order valence-electron chi connectivity index (χ2n) is 4.94. The van der Waals surface area contributed by atoms with Crippen molar-refractivity contribution in [3.63, 3.8) is 0 Å². The highest BCUT2D eigenvalue weighted by molar-refractivity contribution is 7.98. The van der Waals surface area contributed by atoms with Crippen LogP contribution in [0.4, 0.5) is 5.13 Å². The smallest absolute Gasteiger partial charge is 0.241 e. The summed E-state index contributed by atoms with van der Waals surface area (Å²) in [6.07, 6.45) is 4.27. The first-order valence-electron chi connectivity index (χ1n) is 6.81. The van der Waals surface area contributed by atoms with Gasteiger partial charge in [0, 0.05) is 23.2 Å². The van der Waals surface area contributed by atoms with Gasteiger partial charge in [0.25, 0.3) is 0 Å². The van der Waals surface area contributed by atoms with Crippen molar-refractivity contribution in [3.8, 4) is 10.4 Å². The van der Waals surface area contributed by atoms with Gasteiger partial charge in [-0.25, -0.2) is 4.98 Å². The summed E-state index contributed by atoms with van der Waals surface area (Å²) in [5, 5.41) is 0.625. The summed E-state index contributed by atoms with van der Waals surface area (Å²) in [7, 11) is 0. The number of primary amides is 1. The molecule has 22 heavy (non-hydrogen) atoms. The molecular formula is C15H15N3O2S2. The van der Waals surface area contributed by atoms with Crippen LogP contribution in [-0.4, -0.2) is 29.6 Å². The molecule has 2 N–H and O–H groups in total. The molecule has 3 rings (SSSR count). The quantitative estimate of drug-likeness (QED) is 0.688. The van der Waals surface area contributed by atoms with E-state index in [1.165, 1.54) is 16.2 Å². The lowest BCUT2D eigenvalue weighted by atomic mass is 10.1. The molecule has 2 amide bonds. The molecule has 7 heteroatoms. The first-order valence-corrected chi connectivity index (χ1v) is 8.86. The largest absolute Gasteiger partial charge is 0.369 e. The van der Waals surface area contributed by atoms with Crippen LogP contribution >= 0.6 is 23.1 Å². The summed E-state index contributed by atoms with van der Waals surface area (Å²) in [4.78, 5) is 31.6. The van der Waals surface area contributed by atoms with Gasteiger partial charge in [0.15, 0.2) is 5.13 Å². The number of carbonyl (C=O) groups excluding carboxylic acids is 2. The first-order chi connectivity index (χ1) is 10.6. The number of thiazole rings is 1. The van der Waals surface area contributed by atoms with E-state index < -0.39 is 11.8 Å². The van der Waals surface area contributed by atoms with Crippen molar-refractivity contribution in [3.05, 3.63) is 30.5 Å². The molecule has 2 heterocycles. The number of aromatic nitrogens is 1. The highest BCUT2D eigenvalue weighted by Gasteiger charge is 2.37. The second-order valence-corrected chi connectivity index (χ2v) is 6.80. The fourth-order valence-corrected chi connectivity index (χ4v) is 4.16. The van der Waals surface area contributed by atoms with Crippen molar-refractivity contribution in [2.75, 3.05) is 17.7 Å². The number of benzene rings is 1. The number of hydrogen-bond acceptors (Lipinski definition) is 5. The topological polar surface area (TPSA) is 76.3 Å². The van der Waals surface area contributed by atoms with Crippen LogP contribution in [0.15, 0.2) is 35.4 Å². The Morgan fingerprint density at radius 1 is 1.45 bits per heavy atom. The predicted octanol–water partition coefficient (Wildman–Crippen LogP) is 2.37. The molecule has 1 atom stereocenters. The molecule has 1 aliphatic heterocycles. The molecule has 1 aromatic carbocycles. The van der Waals surface area contributed by atoms with Crippen LogP contribution in [0.5, 0.6) is 0 Å². The minimum Gasteiger partial charge on any atom is -0.369 e. The van der Waals surface area contributed by atoms with E-state index in [1.807, 2.05) is 24.5 Å². The molecule has 1 fully saturated rings. The summed E-state index contributed by atoms with van der Waals surface area (Å²) in [5.41, 5.74) is 6.36. The monoisotopic (exact) mass is 333 g/mol. The van der Waals surface area contributed by atoms with Gasteiger partial charge >= 0.3 is 0 Å². The lowest BCUT2D eigenvalue weighted by molar-refractivity contribution is -0.130. The third-order valence-electron chi connectivity index (χ3n) is 3.65. The lowest BCUT2D eigenvalue weighted by Gasteiger charge is -2.11. The SMILES string of the molecule is CSc1ccccc1-c1cnc(N2CC[C@@H](C(N)=O)C2=O)s1. The van der Waals surface area contributed by atoms with Gasteiger partial charge in [0.05, 0.1) is 4.88 Å². The summed E-state index contributed by atoms with van der Waals surface area (Å²) in [5.74, 6) is -1.52. The van der Waals surface area contributed by atoms with Gasteiger partial charge in [0.1, 0.15) is 5.92 Å². The van der Waals surface area contributed by atoms with Crippen molar-refractivity contribution in [1.82, 2.24) is 4.98 Å². The Hall–Kier alpha value is -1.86. The number of thioether (sulfide) groups is 1. The van der Waals surface area contributed by atoms with Crippen molar-refractivity contribution < 1.29 is 9.59 Å². The van der Waals surface area contributed by atoms with Gasteiger partial charge < -0.3 is 5.73 Å². The van der Waals surface area contributed by atoms with Gasteiger partial charge in [-0.1, -0.05) is 29.5 Å². The zero-order valence-corrected chi connectivity index (χ0v) is 13.6. The average molecular weight is 333 g/mol. The van der Waals surface area contributed by atoms with Crippen LogP contribution in [0.2, 0.25) is 0 Å². The minimum atomic E-state index is -0.717. The third kappa shape index (κ3) is 2.62. The highest BCUT2D eigenvalue weighted by Crippen LogP contribution is 2.37. The lowest BCUT2D eigenvalue weighted by Crippen LogP contribution is -2.33. The Labute approximate surface area is 136 Å². The van der Waals surface area contributed by atoms with E-state index in [9.17, 15) is 9.59 Å². The van der Waals surface area contributed by atoms with Crippen LogP contribution in [0.1, 0.15) is 6.42 Å². The van der Waals surface area contributed by atoms with E-state index in [0.717, 1.165) is 10.4 Å². The van der Waals surface area contributed by atoms with E-state index in [1.54, 1.807) is 22.9 Å². The maximum Gasteiger partial charge on any atom is 0.241 e. The van der Waals surface area contributed by atoms with Gasteiger partial charge in [0.2, 0.25) is 11.8 Å². The third-order valence-corrected chi connectivity index (χ3v) is 5.50. The predicted molar refractivity (Wildman–Crippen MR) is 89.0 cm³/mol. The Kier molecular flexibility index (Phi) is 4.17. The first kappa shape index (κ1) is 15.1. The Bertz CT molecular complexity index is 729. The van der Waals surface area contributed by atoms with Crippen LogP contribution in [0.25, 0.3) is 10.4 Å². The van der Waals surface area contributed by atoms with Gasteiger partial charge in [-0.05, 0) is 18.7 Å². The molecule has 1 saturated heterocycles. The number of nitrogens with zero attached hydrogens (tertiary/aromatic N) is 2. The van der Waals surface area contributed by atoms with Crippen LogP contribution in [0, 0.1) is 5.92 Å². The van der Waals surface area contributed by atoms with Crippen LogP contribution < -0.4 is 10.6 Å². The molecule has 1 aliphatic rings. The average Bonchev–Trinajstić information content (AvgIpc) is 3.13. The molecule has 114 valence electrons. The van der Waals surface area contributed by atoms with Crippen LogP contribution in [0.3, 0.4) is 0 Å². The minimum absolute atomic E-state index is 0.244. The number of anilines is 1. The Morgan fingerprint density at radius 3 is 2.91 bits per heavy atom. The molecule has 0 unspecified atom stereocenters. The zero-order valence-electron chi connectivity index (χ0n) is 12.0. The van der Waals surface area contributed by atoms with E-state index in [4.69, 9.17) is 5.73 Å². The van der Waals surface area contributed by atoms with Gasteiger partial charge in [-0.15, -0.1) is 11.8 Å². The van der Waals surface area contributed by atoms with E-state index in [2.05, 4.69) is 11.1 Å².